The Morgan fingerprint density at radius 2 is 2.04 bits per heavy atom. The van der Waals surface area contributed by atoms with Crippen LogP contribution in [0.2, 0.25) is 0 Å². The molecular weight excluding hydrogens is 312 g/mol. The van der Waals surface area contributed by atoms with Crippen molar-refractivity contribution in [3.63, 3.8) is 0 Å². The van der Waals surface area contributed by atoms with Crippen LogP contribution in [0, 0.1) is 5.92 Å². The van der Waals surface area contributed by atoms with Crippen molar-refractivity contribution >= 4 is 24.0 Å². The Balaban J connectivity index is 0.00000156. The third-order valence-electron chi connectivity index (χ3n) is 4.46. The number of anilines is 1. The lowest BCUT2D eigenvalue weighted by Gasteiger charge is -2.23. The van der Waals surface area contributed by atoms with E-state index < -0.39 is 0 Å². The maximum atomic E-state index is 13.1. The average molecular weight is 333 g/mol. The molecule has 1 aromatic heterocycles. The Morgan fingerprint density at radius 3 is 2.78 bits per heavy atom. The van der Waals surface area contributed by atoms with Crippen molar-refractivity contribution in [1.82, 2.24) is 15.5 Å². The van der Waals surface area contributed by atoms with Crippen LogP contribution in [0.5, 0.6) is 0 Å². The van der Waals surface area contributed by atoms with E-state index in [2.05, 4.69) is 15.5 Å². The van der Waals surface area contributed by atoms with Crippen molar-refractivity contribution in [2.45, 2.75) is 25.8 Å². The number of aromatic amines is 1. The van der Waals surface area contributed by atoms with Crippen LogP contribution < -0.4 is 10.2 Å². The van der Waals surface area contributed by atoms with Crippen LogP contribution in [0.1, 0.15) is 34.6 Å². The molecule has 0 spiro atoms. The molecule has 1 fully saturated rings. The molecule has 2 aromatic rings. The van der Waals surface area contributed by atoms with Gasteiger partial charge in [-0.1, -0.05) is 18.2 Å². The Hall–Kier alpha value is -1.85. The van der Waals surface area contributed by atoms with Gasteiger partial charge in [0.15, 0.2) is 5.69 Å². The summed E-state index contributed by atoms with van der Waals surface area (Å²) in [7, 11) is 0. The number of nitrogens with one attached hydrogen (secondary N) is 2. The summed E-state index contributed by atoms with van der Waals surface area (Å²) in [5.41, 5.74) is 3.67. The summed E-state index contributed by atoms with van der Waals surface area (Å²) in [5.74, 6) is 0.649. The van der Waals surface area contributed by atoms with E-state index >= 15 is 0 Å². The summed E-state index contributed by atoms with van der Waals surface area (Å²) in [5, 5.41) is 10.7. The van der Waals surface area contributed by atoms with Crippen molar-refractivity contribution in [2.24, 2.45) is 5.92 Å². The Morgan fingerprint density at radius 1 is 1.26 bits per heavy atom. The van der Waals surface area contributed by atoms with Crippen LogP contribution in [0.4, 0.5) is 5.69 Å². The van der Waals surface area contributed by atoms with Crippen molar-refractivity contribution in [3.8, 4) is 0 Å². The summed E-state index contributed by atoms with van der Waals surface area (Å²) < 4.78 is 0. The highest BCUT2D eigenvalue weighted by Crippen LogP contribution is 2.32. The number of hydrogen-bond donors (Lipinski definition) is 2. The highest BCUT2D eigenvalue weighted by atomic mass is 35.5. The van der Waals surface area contributed by atoms with Gasteiger partial charge in [-0.05, 0) is 30.9 Å². The number of para-hydroxylation sites is 1. The molecule has 0 radical (unpaired) electrons. The fourth-order valence-corrected chi connectivity index (χ4v) is 3.00. The van der Waals surface area contributed by atoms with E-state index in [1.165, 1.54) is 12.8 Å². The number of aromatic nitrogens is 2. The summed E-state index contributed by atoms with van der Waals surface area (Å²) in [6.07, 6.45) is 3.34. The number of H-pyrrole nitrogens is 1. The van der Waals surface area contributed by atoms with Gasteiger partial charge in [0.05, 0.1) is 0 Å². The molecule has 2 aliphatic rings. The number of carbonyl (C=O) groups is 1. The van der Waals surface area contributed by atoms with Crippen molar-refractivity contribution in [3.05, 3.63) is 47.3 Å². The molecule has 0 bridgehead atoms. The monoisotopic (exact) mass is 332 g/mol. The van der Waals surface area contributed by atoms with Gasteiger partial charge in [0, 0.05) is 43.0 Å². The molecule has 0 unspecified atom stereocenters. The number of nitrogens with zero attached hydrogens (tertiary/aromatic N) is 2. The van der Waals surface area contributed by atoms with Gasteiger partial charge in [-0.25, -0.2) is 0 Å². The maximum Gasteiger partial charge on any atom is 0.279 e. The Bertz CT molecular complexity index is 681. The van der Waals surface area contributed by atoms with E-state index in [0.29, 0.717) is 11.6 Å². The third-order valence-corrected chi connectivity index (χ3v) is 4.46. The lowest BCUT2D eigenvalue weighted by Crippen LogP contribution is -2.34. The quantitative estimate of drug-likeness (QED) is 0.904. The number of rotatable bonds is 4. The standard InChI is InChI=1S/C17H20N4O.ClH/c22-17(16-14-10-18-9-8-15(14)19-20-16)21(11-12-6-7-12)13-4-2-1-3-5-13;/h1-5,12,18H,6-11H2,(H,19,20);1H. The zero-order valence-electron chi connectivity index (χ0n) is 12.9. The number of halogens is 1. The van der Waals surface area contributed by atoms with Crippen molar-refractivity contribution in [2.75, 3.05) is 18.0 Å². The minimum atomic E-state index is 0. The summed E-state index contributed by atoms with van der Waals surface area (Å²) >= 11 is 0. The molecule has 23 heavy (non-hydrogen) atoms. The molecule has 5 nitrogen and oxygen atoms in total. The van der Waals surface area contributed by atoms with Gasteiger partial charge in [-0.3, -0.25) is 9.89 Å². The van der Waals surface area contributed by atoms with Crippen LogP contribution in [0.25, 0.3) is 0 Å². The van der Waals surface area contributed by atoms with E-state index in [1.54, 1.807) is 0 Å². The number of hydrogen-bond acceptors (Lipinski definition) is 3. The molecular formula is C17H21ClN4O. The predicted molar refractivity (Wildman–Crippen MR) is 92.1 cm³/mol. The van der Waals surface area contributed by atoms with Crippen molar-refractivity contribution < 1.29 is 4.79 Å². The average Bonchev–Trinajstić information content (AvgIpc) is 3.29. The van der Waals surface area contributed by atoms with Gasteiger partial charge in [-0.2, -0.15) is 5.10 Å². The normalized spacial score (nSPS) is 16.3. The maximum absolute atomic E-state index is 13.1. The van der Waals surface area contributed by atoms with Gasteiger partial charge < -0.3 is 10.2 Å². The lowest BCUT2D eigenvalue weighted by atomic mass is 10.1. The molecule has 1 aliphatic heterocycles. The molecule has 122 valence electrons. The minimum absolute atomic E-state index is 0. The summed E-state index contributed by atoms with van der Waals surface area (Å²) in [6, 6.07) is 9.92. The summed E-state index contributed by atoms with van der Waals surface area (Å²) in [4.78, 5) is 14.9. The van der Waals surface area contributed by atoms with Gasteiger partial charge in [0.25, 0.3) is 5.91 Å². The van der Waals surface area contributed by atoms with Crippen LogP contribution in [0.15, 0.2) is 30.3 Å². The second-order valence-electron chi connectivity index (χ2n) is 6.15. The van der Waals surface area contributed by atoms with Crippen molar-refractivity contribution in [1.29, 1.82) is 0 Å². The lowest BCUT2D eigenvalue weighted by molar-refractivity contribution is 0.0979. The van der Waals surface area contributed by atoms with Gasteiger partial charge in [0.2, 0.25) is 0 Å². The van der Waals surface area contributed by atoms with Gasteiger partial charge >= 0.3 is 0 Å². The SMILES string of the molecule is Cl.O=C(c1n[nH]c2c1CNCC2)N(CC1CC1)c1ccccc1. The highest BCUT2D eigenvalue weighted by Gasteiger charge is 2.31. The molecule has 2 heterocycles. The van der Waals surface area contributed by atoms with Gasteiger partial charge in [-0.15, -0.1) is 12.4 Å². The first-order valence-corrected chi connectivity index (χ1v) is 7.96. The van der Waals surface area contributed by atoms with Crippen LogP contribution >= 0.6 is 12.4 Å². The molecule has 1 saturated carbocycles. The number of fused-ring (bicyclic) bond motifs is 1. The minimum Gasteiger partial charge on any atom is -0.312 e. The molecule has 2 N–H and O–H groups in total. The first kappa shape index (κ1) is 16.0. The topological polar surface area (TPSA) is 61.0 Å². The van der Waals surface area contributed by atoms with Crippen LogP contribution in [-0.4, -0.2) is 29.2 Å². The van der Waals surface area contributed by atoms with Crippen LogP contribution in [-0.2, 0) is 13.0 Å². The molecule has 1 amide bonds. The van der Waals surface area contributed by atoms with E-state index in [9.17, 15) is 4.79 Å². The largest absolute Gasteiger partial charge is 0.312 e. The molecule has 1 aliphatic carbocycles. The zero-order valence-corrected chi connectivity index (χ0v) is 13.7. The molecule has 4 rings (SSSR count). The van der Waals surface area contributed by atoms with E-state index in [4.69, 9.17) is 0 Å². The highest BCUT2D eigenvalue weighted by molar-refractivity contribution is 6.06. The van der Waals surface area contributed by atoms with Crippen LogP contribution in [0.3, 0.4) is 0 Å². The second-order valence-corrected chi connectivity index (χ2v) is 6.15. The van der Waals surface area contributed by atoms with Gasteiger partial charge in [0.1, 0.15) is 0 Å². The fraction of sp³-hybridized carbons (Fsp3) is 0.412. The second kappa shape index (κ2) is 6.72. The summed E-state index contributed by atoms with van der Waals surface area (Å²) in [6.45, 7) is 2.45. The Labute approximate surface area is 141 Å². The number of benzene rings is 1. The first-order valence-electron chi connectivity index (χ1n) is 7.96. The fourth-order valence-electron chi connectivity index (χ4n) is 3.00. The first-order chi connectivity index (χ1) is 10.8. The smallest absolute Gasteiger partial charge is 0.279 e. The predicted octanol–water partition coefficient (Wildman–Crippen LogP) is 2.53. The zero-order chi connectivity index (χ0) is 14.9. The number of carbonyl (C=O) groups excluding carboxylic acids is 1. The molecule has 6 heteroatoms. The Kier molecular flexibility index (Phi) is 4.68. The van der Waals surface area contributed by atoms with E-state index in [0.717, 1.165) is 43.0 Å². The molecule has 0 saturated heterocycles. The number of amides is 1. The molecule has 0 atom stereocenters. The third kappa shape index (κ3) is 3.26. The molecule has 1 aromatic carbocycles. The van der Waals surface area contributed by atoms with E-state index in [1.807, 2.05) is 35.2 Å². The van der Waals surface area contributed by atoms with E-state index in [-0.39, 0.29) is 18.3 Å².